The van der Waals surface area contributed by atoms with Crippen molar-refractivity contribution in [2.45, 2.75) is 17.9 Å². The lowest BCUT2D eigenvalue weighted by Gasteiger charge is -2.09. The van der Waals surface area contributed by atoms with Gasteiger partial charge in [-0.05, 0) is 55.0 Å². The highest BCUT2D eigenvalue weighted by Gasteiger charge is 2.14. The van der Waals surface area contributed by atoms with Crippen LogP contribution in [0.3, 0.4) is 0 Å². The zero-order valence-electron chi connectivity index (χ0n) is 15.3. The highest BCUT2D eigenvalue weighted by atomic mass is 32.2. The van der Waals surface area contributed by atoms with Gasteiger partial charge in [-0.3, -0.25) is 9.52 Å². The van der Waals surface area contributed by atoms with Crippen LogP contribution >= 0.6 is 0 Å². The summed E-state index contributed by atoms with van der Waals surface area (Å²) in [5.41, 5.74) is 5.98. The Labute approximate surface area is 163 Å². The van der Waals surface area contributed by atoms with Crippen LogP contribution in [-0.2, 0) is 24.3 Å². The number of carbonyl (C=O) groups is 2. The van der Waals surface area contributed by atoms with Crippen LogP contribution in [0.25, 0.3) is 6.08 Å². The molecule has 0 fully saturated rings. The van der Waals surface area contributed by atoms with Gasteiger partial charge in [-0.25, -0.2) is 13.2 Å². The van der Waals surface area contributed by atoms with Crippen molar-refractivity contribution >= 4 is 33.7 Å². The number of methoxy groups -OCH3 is 1. The number of nitrogens with two attached hydrogens (primary N) is 1. The molecule has 0 saturated heterocycles. The van der Waals surface area contributed by atoms with Crippen molar-refractivity contribution in [3.8, 4) is 5.75 Å². The second-order valence-electron chi connectivity index (χ2n) is 5.72. The fourth-order valence-electron chi connectivity index (χ4n) is 2.07. The normalized spacial score (nSPS) is 12.4. The van der Waals surface area contributed by atoms with E-state index in [1.807, 2.05) is 0 Å². The summed E-state index contributed by atoms with van der Waals surface area (Å²) in [6, 6.07) is 12.3. The summed E-state index contributed by atoms with van der Waals surface area (Å²) in [5, 5.41) is 0. The molecule has 2 rings (SSSR count). The number of amides is 1. The molecule has 0 aliphatic rings. The topological polar surface area (TPSA) is 125 Å². The molecule has 0 radical (unpaired) electrons. The molecule has 0 spiro atoms. The summed E-state index contributed by atoms with van der Waals surface area (Å²) < 4.78 is 37.2. The van der Waals surface area contributed by atoms with E-state index in [2.05, 4.69) is 4.72 Å². The van der Waals surface area contributed by atoms with E-state index in [1.165, 1.54) is 44.4 Å². The molecule has 9 heteroatoms. The average molecular weight is 404 g/mol. The number of carbonyl (C=O) groups excluding carboxylic acids is 2. The van der Waals surface area contributed by atoms with Crippen LogP contribution < -0.4 is 15.2 Å². The molecular weight excluding hydrogens is 384 g/mol. The highest BCUT2D eigenvalue weighted by molar-refractivity contribution is 7.92. The van der Waals surface area contributed by atoms with Crippen LogP contribution in [0, 0.1) is 0 Å². The third-order valence-corrected chi connectivity index (χ3v) is 5.04. The van der Waals surface area contributed by atoms with Crippen LogP contribution in [-0.4, -0.2) is 33.5 Å². The number of benzene rings is 2. The molecule has 3 N–H and O–H groups in total. The molecule has 0 heterocycles. The van der Waals surface area contributed by atoms with E-state index < -0.39 is 28.0 Å². The van der Waals surface area contributed by atoms with Gasteiger partial charge in [0.2, 0.25) is 0 Å². The molecule has 2 aromatic rings. The smallest absolute Gasteiger partial charge is 0.331 e. The molecule has 148 valence electrons. The Bertz CT molecular complexity index is 966. The summed E-state index contributed by atoms with van der Waals surface area (Å²) in [6.07, 6.45) is 1.52. The molecular formula is C19H20N2O6S. The number of anilines is 1. The van der Waals surface area contributed by atoms with Gasteiger partial charge in [0.1, 0.15) is 5.75 Å². The second kappa shape index (κ2) is 9.05. The highest BCUT2D eigenvalue weighted by Crippen LogP contribution is 2.20. The van der Waals surface area contributed by atoms with Crippen LogP contribution in [0.4, 0.5) is 5.69 Å². The SMILES string of the molecule is COc1ccc(NS(=O)(=O)c2ccc(/C=C/C(=O)O[C@H](C)C(N)=O)cc2)cc1. The van der Waals surface area contributed by atoms with Gasteiger partial charge in [-0.2, -0.15) is 0 Å². The predicted molar refractivity (Wildman–Crippen MR) is 104 cm³/mol. The lowest BCUT2D eigenvalue weighted by Crippen LogP contribution is -2.29. The Hall–Kier alpha value is -3.33. The Morgan fingerprint density at radius 1 is 1.07 bits per heavy atom. The molecule has 8 nitrogen and oxygen atoms in total. The fraction of sp³-hybridized carbons (Fsp3) is 0.158. The largest absolute Gasteiger partial charge is 0.497 e. The summed E-state index contributed by atoms with van der Waals surface area (Å²) in [5.74, 6) is -0.868. The molecule has 2 aromatic carbocycles. The van der Waals surface area contributed by atoms with Gasteiger partial charge in [0.15, 0.2) is 6.10 Å². The monoisotopic (exact) mass is 404 g/mol. The molecule has 0 bridgehead atoms. The number of esters is 1. The lowest BCUT2D eigenvalue weighted by molar-refractivity contribution is -0.148. The van der Waals surface area contributed by atoms with Gasteiger partial charge in [0.05, 0.1) is 12.0 Å². The maximum absolute atomic E-state index is 12.4. The van der Waals surface area contributed by atoms with E-state index >= 15 is 0 Å². The van der Waals surface area contributed by atoms with Gasteiger partial charge >= 0.3 is 5.97 Å². The van der Waals surface area contributed by atoms with Crippen LogP contribution in [0.15, 0.2) is 59.5 Å². The molecule has 28 heavy (non-hydrogen) atoms. The first-order valence-electron chi connectivity index (χ1n) is 8.16. The maximum atomic E-state index is 12.4. The van der Waals surface area contributed by atoms with E-state index in [0.717, 1.165) is 6.08 Å². The van der Waals surface area contributed by atoms with Crippen LogP contribution in [0.1, 0.15) is 12.5 Å². The standard InChI is InChI=1S/C19H20N2O6S/c1-13(19(20)23)27-18(22)12-5-14-3-10-17(11-4-14)28(24,25)21-15-6-8-16(26-2)9-7-15/h3-13,21H,1-2H3,(H2,20,23)/b12-5+/t13-/m1/s1. The van der Waals surface area contributed by atoms with Gasteiger partial charge < -0.3 is 15.2 Å². The summed E-state index contributed by atoms with van der Waals surface area (Å²) in [7, 11) is -2.24. The zero-order valence-corrected chi connectivity index (χ0v) is 16.1. The molecule has 0 saturated carbocycles. The predicted octanol–water partition coefficient (Wildman–Crippen LogP) is 1.93. The van der Waals surface area contributed by atoms with Crippen LogP contribution in [0.5, 0.6) is 5.75 Å². The molecule has 1 atom stereocenters. The van der Waals surface area contributed by atoms with Crippen molar-refractivity contribution in [1.82, 2.24) is 0 Å². The van der Waals surface area contributed by atoms with Crippen molar-refractivity contribution < 1.29 is 27.5 Å². The minimum Gasteiger partial charge on any atom is -0.497 e. The van der Waals surface area contributed by atoms with E-state index in [4.69, 9.17) is 15.2 Å². The van der Waals surface area contributed by atoms with E-state index in [0.29, 0.717) is 17.0 Å². The molecule has 0 unspecified atom stereocenters. The minimum absolute atomic E-state index is 0.0606. The maximum Gasteiger partial charge on any atom is 0.331 e. The number of ether oxygens (including phenoxy) is 2. The minimum atomic E-state index is -3.76. The number of sulfonamides is 1. The first-order chi connectivity index (χ1) is 13.2. The van der Waals surface area contributed by atoms with Gasteiger partial charge in [-0.15, -0.1) is 0 Å². The number of hydrogen-bond acceptors (Lipinski definition) is 6. The Balaban J connectivity index is 2.04. The van der Waals surface area contributed by atoms with Crippen molar-refractivity contribution in [2.24, 2.45) is 5.73 Å². The Morgan fingerprint density at radius 2 is 1.68 bits per heavy atom. The van der Waals surface area contributed by atoms with E-state index in [1.54, 1.807) is 24.3 Å². The number of hydrogen-bond donors (Lipinski definition) is 2. The average Bonchev–Trinajstić information content (AvgIpc) is 2.67. The molecule has 1 amide bonds. The Morgan fingerprint density at radius 3 is 2.21 bits per heavy atom. The summed E-state index contributed by atoms with van der Waals surface area (Å²) >= 11 is 0. The lowest BCUT2D eigenvalue weighted by atomic mass is 10.2. The van der Waals surface area contributed by atoms with E-state index in [9.17, 15) is 18.0 Å². The second-order valence-corrected chi connectivity index (χ2v) is 7.40. The van der Waals surface area contributed by atoms with Crippen molar-refractivity contribution in [3.63, 3.8) is 0 Å². The van der Waals surface area contributed by atoms with E-state index in [-0.39, 0.29) is 4.90 Å². The van der Waals surface area contributed by atoms with Crippen LogP contribution in [0.2, 0.25) is 0 Å². The van der Waals surface area contributed by atoms with Gasteiger partial charge in [-0.1, -0.05) is 12.1 Å². The van der Waals surface area contributed by atoms with Gasteiger partial charge in [0, 0.05) is 11.8 Å². The summed E-state index contributed by atoms with van der Waals surface area (Å²) in [4.78, 5) is 22.5. The molecule has 0 aliphatic carbocycles. The Kier molecular flexibility index (Phi) is 6.78. The molecule has 0 aliphatic heterocycles. The first-order valence-corrected chi connectivity index (χ1v) is 9.64. The molecule has 0 aromatic heterocycles. The van der Waals surface area contributed by atoms with Crippen molar-refractivity contribution in [3.05, 3.63) is 60.2 Å². The summed E-state index contributed by atoms with van der Waals surface area (Å²) in [6.45, 7) is 1.36. The third-order valence-electron chi connectivity index (χ3n) is 3.64. The quantitative estimate of drug-likeness (QED) is 0.512. The number of nitrogens with one attached hydrogen (secondary N) is 1. The van der Waals surface area contributed by atoms with Gasteiger partial charge in [0.25, 0.3) is 15.9 Å². The van der Waals surface area contributed by atoms with Crippen molar-refractivity contribution in [2.75, 3.05) is 11.8 Å². The zero-order chi connectivity index (χ0) is 20.7. The number of rotatable bonds is 8. The first kappa shape index (κ1) is 21.0. The fourth-order valence-corrected chi connectivity index (χ4v) is 3.13. The third kappa shape index (κ3) is 5.85. The van der Waals surface area contributed by atoms with Crippen molar-refractivity contribution in [1.29, 1.82) is 0 Å². The number of primary amides is 1.